The molecule has 5 atom stereocenters. The van der Waals surface area contributed by atoms with E-state index in [0.29, 0.717) is 42.7 Å². The van der Waals surface area contributed by atoms with E-state index in [4.69, 9.17) is 25.8 Å². The Morgan fingerprint density at radius 2 is 2.09 bits per heavy atom. The predicted octanol–water partition coefficient (Wildman–Crippen LogP) is 6.10. The van der Waals surface area contributed by atoms with Crippen LogP contribution in [0.3, 0.4) is 0 Å². The van der Waals surface area contributed by atoms with Gasteiger partial charge in [-0.3, -0.25) is 9.59 Å². The minimum absolute atomic E-state index is 0.00938. The van der Waals surface area contributed by atoms with E-state index in [1.54, 1.807) is 6.92 Å². The molecule has 0 aromatic carbocycles. The van der Waals surface area contributed by atoms with E-state index >= 15 is 0 Å². The predicted molar refractivity (Wildman–Crippen MR) is 133 cm³/mol. The molecule has 1 heterocycles. The van der Waals surface area contributed by atoms with Gasteiger partial charge >= 0.3 is 5.97 Å². The minimum atomic E-state index is -0.206. The molecule has 0 aromatic heterocycles. The first kappa shape index (κ1) is 27.0. The summed E-state index contributed by atoms with van der Waals surface area (Å²) in [6.07, 6.45) is 13.2. The average molecular weight is 491 g/mol. The fourth-order valence-electron chi connectivity index (χ4n) is 5.19. The number of Topliss-reactive ketones (excluding diaryl/α,β-unsaturated/α-hetero) is 1. The van der Waals surface area contributed by atoms with E-state index < -0.39 is 0 Å². The molecule has 0 spiro atoms. The fraction of sp³-hybridized carbons (Fsp3) is 0.714. The van der Waals surface area contributed by atoms with Crippen molar-refractivity contribution >= 4 is 23.4 Å². The number of allylic oxidation sites excluding steroid dienone is 3. The third-order valence-corrected chi connectivity index (χ3v) is 7.27. The van der Waals surface area contributed by atoms with Crippen molar-refractivity contribution in [2.75, 3.05) is 13.2 Å². The van der Waals surface area contributed by atoms with Crippen LogP contribution in [-0.2, 0) is 23.8 Å². The number of ketones is 1. The molecule has 0 radical (unpaired) electrons. The standard InChI is InChI=1S/C28H39ClO5/c1-3-5-6-12-25(30)24(29)19-23-22-17-20(11-7-8-13-27(31)32-4-2)16-21(22)18-26(23)34-28-14-9-10-15-33-28/h16,19,21-23,26,28H,3-6,8-10,12-15,17-18H2,1-2H3. The molecule has 188 valence electrons. The molecule has 3 rings (SSSR count). The molecule has 1 saturated carbocycles. The Hall–Kier alpha value is -1.61. The molecule has 3 aliphatic rings. The summed E-state index contributed by atoms with van der Waals surface area (Å²) in [5.41, 5.74) is 1.11. The van der Waals surface area contributed by atoms with E-state index in [9.17, 15) is 9.59 Å². The van der Waals surface area contributed by atoms with E-state index in [2.05, 4.69) is 24.8 Å². The van der Waals surface area contributed by atoms with Gasteiger partial charge in [0, 0.05) is 25.4 Å². The highest BCUT2D eigenvalue weighted by Gasteiger charge is 2.46. The Bertz CT molecular complexity index is 814. The number of carbonyl (C=O) groups is 2. The van der Waals surface area contributed by atoms with Crippen LogP contribution in [-0.4, -0.2) is 37.4 Å². The quantitative estimate of drug-likeness (QED) is 0.151. The second-order valence-electron chi connectivity index (χ2n) is 9.51. The maximum atomic E-state index is 12.6. The van der Waals surface area contributed by atoms with Crippen LogP contribution >= 0.6 is 11.6 Å². The first-order valence-electron chi connectivity index (χ1n) is 13.0. The summed E-state index contributed by atoms with van der Waals surface area (Å²) >= 11 is 6.52. The van der Waals surface area contributed by atoms with Crippen LogP contribution in [0.1, 0.15) is 84.5 Å². The summed E-state index contributed by atoms with van der Waals surface area (Å²) < 4.78 is 17.2. The molecule has 5 nitrogen and oxygen atoms in total. The number of unbranched alkanes of at least 4 members (excludes halogenated alkanes) is 2. The molecule has 1 aliphatic heterocycles. The third-order valence-electron chi connectivity index (χ3n) is 6.93. The van der Waals surface area contributed by atoms with Gasteiger partial charge < -0.3 is 14.2 Å². The summed E-state index contributed by atoms with van der Waals surface area (Å²) in [7, 11) is 0. The van der Waals surface area contributed by atoms with Gasteiger partial charge in [-0.05, 0) is 62.9 Å². The summed E-state index contributed by atoms with van der Waals surface area (Å²) in [6.45, 7) is 5.07. The second-order valence-corrected chi connectivity index (χ2v) is 9.92. The lowest BCUT2D eigenvalue weighted by molar-refractivity contribution is -0.192. The molecule has 0 N–H and O–H groups in total. The highest BCUT2D eigenvalue weighted by atomic mass is 35.5. The molecule has 0 aromatic rings. The molecule has 2 fully saturated rings. The van der Waals surface area contributed by atoms with Gasteiger partial charge in [0.2, 0.25) is 0 Å². The van der Waals surface area contributed by atoms with E-state index in [1.807, 2.05) is 6.08 Å². The SMILES string of the molecule is CCCCCC(=O)C(Cl)=CC1C(OC2CCCCO2)CC2C=C(C#CCCC(=O)OCC)CC21. The van der Waals surface area contributed by atoms with Crippen molar-refractivity contribution in [3.05, 3.63) is 22.8 Å². The Morgan fingerprint density at radius 1 is 1.24 bits per heavy atom. The maximum Gasteiger partial charge on any atom is 0.306 e. The zero-order valence-electron chi connectivity index (χ0n) is 20.7. The van der Waals surface area contributed by atoms with Crippen molar-refractivity contribution in [2.45, 2.75) is 96.9 Å². The lowest BCUT2D eigenvalue weighted by Gasteiger charge is -2.29. The van der Waals surface area contributed by atoms with Crippen molar-refractivity contribution in [3.63, 3.8) is 0 Å². The number of carbonyl (C=O) groups excluding carboxylic acids is 2. The summed E-state index contributed by atoms with van der Waals surface area (Å²) in [4.78, 5) is 24.1. The molecular weight excluding hydrogens is 452 g/mol. The van der Waals surface area contributed by atoms with E-state index in [1.165, 1.54) is 0 Å². The van der Waals surface area contributed by atoms with Crippen LogP contribution < -0.4 is 0 Å². The number of hydrogen-bond donors (Lipinski definition) is 0. The minimum Gasteiger partial charge on any atom is -0.466 e. The molecule has 0 amide bonds. The molecule has 6 heteroatoms. The highest BCUT2D eigenvalue weighted by molar-refractivity contribution is 6.42. The summed E-state index contributed by atoms with van der Waals surface area (Å²) in [6, 6.07) is 0. The van der Waals surface area contributed by atoms with Crippen molar-refractivity contribution < 1.29 is 23.8 Å². The molecular formula is C28H39ClO5. The van der Waals surface area contributed by atoms with Gasteiger partial charge in [0.05, 0.1) is 24.2 Å². The number of fused-ring (bicyclic) bond motifs is 1. The van der Waals surface area contributed by atoms with Crippen LogP contribution in [0.5, 0.6) is 0 Å². The number of halogens is 1. The first-order chi connectivity index (χ1) is 16.5. The van der Waals surface area contributed by atoms with Gasteiger partial charge in [-0.15, -0.1) is 0 Å². The van der Waals surface area contributed by atoms with Crippen molar-refractivity contribution in [3.8, 4) is 11.8 Å². The van der Waals surface area contributed by atoms with Crippen LogP contribution in [0.4, 0.5) is 0 Å². The molecule has 34 heavy (non-hydrogen) atoms. The smallest absolute Gasteiger partial charge is 0.306 e. The zero-order chi connectivity index (χ0) is 24.3. The monoisotopic (exact) mass is 490 g/mol. The van der Waals surface area contributed by atoms with E-state index in [-0.39, 0.29) is 30.1 Å². The fourth-order valence-corrected chi connectivity index (χ4v) is 5.43. The molecule has 2 aliphatic carbocycles. The Morgan fingerprint density at radius 3 is 2.82 bits per heavy atom. The lowest BCUT2D eigenvalue weighted by atomic mass is 9.89. The summed E-state index contributed by atoms with van der Waals surface area (Å²) in [5, 5.41) is 0.342. The average Bonchev–Trinajstić information content (AvgIpc) is 3.35. The largest absolute Gasteiger partial charge is 0.466 e. The molecule has 0 bridgehead atoms. The summed E-state index contributed by atoms with van der Waals surface area (Å²) in [5.74, 6) is 6.92. The van der Waals surface area contributed by atoms with Crippen molar-refractivity contribution in [1.29, 1.82) is 0 Å². The number of ether oxygens (including phenoxy) is 3. The number of hydrogen-bond acceptors (Lipinski definition) is 5. The van der Waals surface area contributed by atoms with E-state index in [0.717, 1.165) is 63.5 Å². The molecule has 1 saturated heterocycles. The maximum absolute atomic E-state index is 12.6. The van der Waals surface area contributed by atoms with Gasteiger partial charge in [-0.25, -0.2) is 0 Å². The normalized spacial score (nSPS) is 28.6. The highest BCUT2D eigenvalue weighted by Crippen LogP contribution is 2.49. The number of esters is 1. The number of rotatable bonds is 11. The Kier molecular flexibility index (Phi) is 11.2. The van der Waals surface area contributed by atoms with Crippen LogP contribution in [0.15, 0.2) is 22.8 Å². The Balaban J connectivity index is 1.65. The van der Waals surface area contributed by atoms with Crippen molar-refractivity contribution in [1.82, 2.24) is 0 Å². The van der Waals surface area contributed by atoms with Gasteiger partial charge in [-0.2, -0.15) is 0 Å². The van der Waals surface area contributed by atoms with Gasteiger partial charge in [-0.1, -0.05) is 55.4 Å². The third kappa shape index (κ3) is 7.97. The topological polar surface area (TPSA) is 61.8 Å². The van der Waals surface area contributed by atoms with Gasteiger partial charge in [0.1, 0.15) is 0 Å². The van der Waals surface area contributed by atoms with Crippen LogP contribution in [0, 0.1) is 29.6 Å². The van der Waals surface area contributed by atoms with Crippen LogP contribution in [0.2, 0.25) is 0 Å². The van der Waals surface area contributed by atoms with Crippen LogP contribution in [0.25, 0.3) is 0 Å². The second kappa shape index (κ2) is 14.1. The van der Waals surface area contributed by atoms with Gasteiger partial charge in [0.15, 0.2) is 12.1 Å². The Labute approximate surface area is 209 Å². The van der Waals surface area contributed by atoms with Gasteiger partial charge in [0.25, 0.3) is 0 Å². The first-order valence-corrected chi connectivity index (χ1v) is 13.4. The zero-order valence-corrected chi connectivity index (χ0v) is 21.4. The lowest BCUT2D eigenvalue weighted by Crippen LogP contribution is -2.31. The molecule has 5 unspecified atom stereocenters. The van der Waals surface area contributed by atoms with Crippen molar-refractivity contribution in [2.24, 2.45) is 17.8 Å².